The molecule has 1 N–H and O–H groups in total. The van der Waals surface area contributed by atoms with Crippen molar-refractivity contribution in [1.29, 1.82) is 0 Å². The summed E-state index contributed by atoms with van der Waals surface area (Å²) in [6, 6.07) is 8.26. The highest BCUT2D eigenvalue weighted by atomic mass is 16.3. The van der Waals surface area contributed by atoms with Gasteiger partial charge in [0.25, 0.3) is 0 Å². The maximum atomic E-state index is 5.91. The van der Waals surface area contributed by atoms with Crippen molar-refractivity contribution in [3.63, 3.8) is 0 Å². The molecule has 0 bridgehead atoms. The minimum atomic E-state index is 0.848. The summed E-state index contributed by atoms with van der Waals surface area (Å²) in [5.74, 6) is 1.09. The molecule has 21 heavy (non-hydrogen) atoms. The number of hydrogen-bond donors (Lipinski definition) is 1. The first-order valence-corrected chi connectivity index (χ1v) is 7.45. The van der Waals surface area contributed by atoms with E-state index in [-0.39, 0.29) is 0 Å². The summed E-state index contributed by atoms with van der Waals surface area (Å²) in [5, 5.41) is 8.93. The summed E-state index contributed by atoms with van der Waals surface area (Å²) in [6.45, 7) is 3.92. The normalized spacial score (nSPS) is 11.3. The highest BCUT2D eigenvalue weighted by Crippen LogP contribution is 2.26. The van der Waals surface area contributed by atoms with Crippen molar-refractivity contribution >= 4 is 11.0 Å². The summed E-state index contributed by atoms with van der Waals surface area (Å²) in [5.41, 5.74) is 3.54. The van der Waals surface area contributed by atoms with Crippen molar-refractivity contribution < 1.29 is 4.42 Å². The Morgan fingerprint density at radius 3 is 2.90 bits per heavy atom. The summed E-state index contributed by atoms with van der Waals surface area (Å²) < 4.78 is 7.76. The van der Waals surface area contributed by atoms with Crippen molar-refractivity contribution in [2.75, 3.05) is 6.54 Å². The third-order valence-electron chi connectivity index (χ3n) is 3.75. The molecule has 0 fully saturated rings. The Bertz CT molecular complexity index is 727. The fourth-order valence-electron chi connectivity index (χ4n) is 2.68. The number of aromatic nitrogens is 2. The van der Waals surface area contributed by atoms with Gasteiger partial charge in [-0.15, -0.1) is 0 Å². The molecule has 0 radical (unpaired) electrons. The lowest BCUT2D eigenvalue weighted by Crippen LogP contribution is -2.17. The lowest BCUT2D eigenvalue weighted by Gasteiger charge is -2.04. The topological polar surface area (TPSA) is 43.0 Å². The molecule has 0 saturated carbocycles. The highest BCUT2D eigenvalue weighted by molar-refractivity contribution is 5.82. The third-order valence-corrected chi connectivity index (χ3v) is 3.75. The van der Waals surface area contributed by atoms with Crippen molar-refractivity contribution in [2.24, 2.45) is 7.05 Å². The Hall–Kier alpha value is -2.07. The quantitative estimate of drug-likeness (QED) is 0.707. The molecular weight excluding hydrogens is 262 g/mol. The van der Waals surface area contributed by atoms with Gasteiger partial charge in [-0.2, -0.15) is 5.10 Å². The summed E-state index contributed by atoms with van der Waals surface area (Å²) >= 11 is 0. The van der Waals surface area contributed by atoms with E-state index in [0.717, 1.165) is 37.3 Å². The zero-order chi connectivity index (χ0) is 14.7. The number of aryl methyl sites for hydroxylation is 2. The maximum Gasteiger partial charge on any atom is 0.134 e. The predicted molar refractivity (Wildman–Crippen MR) is 84.2 cm³/mol. The first-order chi connectivity index (χ1) is 10.3. The van der Waals surface area contributed by atoms with E-state index in [1.54, 1.807) is 0 Å². The average Bonchev–Trinajstić information content (AvgIpc) is 3.07. The van der Waals surface area contributed by atoms with Gasteiger partial charge in [-0.1, -0.05) is 25.1 Å². The van der Waals surface area contributed by atoms with Crippen LogP contribution >= 0.6 is 0 Å². The first-order valence-electron chi connectivity index (χ1n) is 7.45. The molecule has 3 rings (SSSR count). The van der Waals surface area contributed by atoms with Crippen molar-refractivity contribution in [2.45, 2.75) is 26.3 Å². The molecule has 0 spiro atoms. The van der Waals surface area contributed by atoms with Crippen LogP contribution in [-0.2, 0) is 26.4 Å². The second-order valence-electron chi connectivity index (χ2n) is 5.30. The fourth-order valence-corrected chi connectivity index (χ4v) is 2.68. The van der Waals surface area contributed by atoms with Crippen LogP contribution in [0.3, 0.4) is 0 Å². The Morgan fingerprint density at radius 1 is 1.29 bits per heavy atom. The summed E-state index contributed by atoms with van der Waals surface area (Å²) in [7, 11) is 1.95. The van der Waals surface area contributed by atoms with Gasteiger partial charge in [0.2, 0.25) is 0 Å². The highest BCUT2D eigenvalue weighted by Gasteiger charge is 2.11. The number of benzene rings is 1. The van der Waals surface area contributed by atoms with Gasteiger partial charge >= 0.3 is 0 Å². The SMILES string of the molecule is CCc1oc2ccccc2c1CNCCc1cnn(C)c1. The van der Waals surface area contributed by atoms with Gasteiger partial charge in [0.1, 0.15) is 11.3 Å². The van der Waals surface area contributed by atoms with E-state index in [1.807, 2.05) is 30.1 Å². The van der Waals surface area contributed by atoms with E-state index >= 15 is 0 Å². The molecule has 2 heterocycles. The van der Waals surface area contributed by atoms with Gasteiger partial charge in [-0.05, 0) is 24.6 Å². The van der Waals surface area contributed by atoms with E-state index in [1.165, 1.54) is 16.5 Å². The molecule has 0 aliphatic carbocycles. The largest absolute Gasteiger partial charge is 0.461 e. The Morgan fingerprint density at radius 2 is 2.14 bits per heavy atom. The van der Waals surface area contributed by atoms with Crippen molar-refractivity contribution in [3.05, 3.63) is 53.5 Å². The second kappa shape index (κ2) is 6.14. The van der Waals surface area contributed by atoms with Crippen molar-refractivity contribution in [3.8, 4) is 0 Å². The molecule has 1 aromatic carbocycles. The van der Waals surface area contributed by atoms with E-state index in [9.17, 15) is 0 Å². The number of nitrogens with one attached hydrogen (secondary N) is 1. The lowest BCUT2D eigenvalue weighted by atomic mass is 10.1. The Labute approximate surface area is 124 Å². The summed E-state index contributed by atoms with van der Waals surface area (Å²) in [4.78, 5) is 0. The Balaban J connectivity index is 1.64. The van der Waals surface area contributed by atoms with Gasteiger partial charge < -0.3 is 9.73 Å². The van der Waals surface area contributed by atoms with Gasteiger partial charge in [-0.3, -0.25) is 4.68 Å². The zero-order valence-electron chi connectivity index (χ0n) is 12.6. The molecule has 4 nitrogen and oxygen atoms in total. The average molecular weight is 283 g/mol. The molecule has 0 amide bonds. The molecule has 0 saturated heterocycles. The molecule has 0 aliphatic rings. The van der Waals surface area contributed by atoms with E-state index in [2.05, 4.69) is 35.7 Å². The van der Waals surface area contributed by atoms with Crippen LogP contribution in [-0.4, -0.2) is 16.3 Å². The zero-order valence-corrected chi connectivity index (χ0v) is 12.6. The lowest BCUT2D eigenvalue weighted by molar-refractivity contribution is 0.544. The van der Waals surface area contributed by atoms with Crippen LogP contribution < -0.4 is 5.32 Å². The van der Waals surface area contributed by atoms with Crippen LogP contribution in [0.4, 0.5) is 0 Å². The fraction of sp³-hybridized carbons (Fsp3) is 0.353. The molecular formula is C17H21N3O. The smallest absolute Gasteiger partial charge is 0.134 e. The van der Waals surface area contributed by atoms with Gasteiger partial charge in [0, 0.05) is 37.2 Å². The van der Waals surface area contributed by atoms with E-state index in [4.69, 9.17) is 4.42 Å². The first kappa shape index (κ1) is 13.9. The number of rotatable bonds is 6. The van der Waals surface area contributed by atoms with Crippen LogP contribution in [0.1, 0.15) is 23.8 Å². The molecule has 0 aliphatic heterocycles. The number of para-hydroxylation sites is 1. The van der Waals surface area contributed by atoms with E-state index in [0.29, 0.717) is 0 Å². The minimum absolute atomic E-state index is 0.848. The van der Waals surface area contributed by atoms with E-state index < -0.39 is 0 Å². The predicted octanol–water partition coefficient (Wildman–Crippen LogP) is 3.06. The van der Waals surface area contributed by atoms with Crippen LogP contribution in [0.2, 0.25) is 0 Å². The van der Waals surface area contributed by atoms with Gasteiger partial charge in [-0.25, -0.2) is 0 Å². The minimum Gasteiger partial charge on any atom is -0.461 e. The number of fused-ring (bicyclic) bond motifs is 1. The monoisotopic (exact) mass is 283 g/mol. The van der Waals surface area contributed by atoms with Crippen LogP contribution in [0.5, 0.6) is 0 Å². The van der Waals surface area contributed by atoms with Crippen molar-refractivity contribution in [1.82, 2.24) is 15.1 Å². The molecule has 2 aromatic heterocycles. The summed E-state index contributed by atoms with van der Waals surface area (Å²) in [6.07, 6.45) is 5.90. The standard InChI is InChI=1S/C17H21N3O/c1-3-16-15(14-6-4-5-7-17(14)21-16)11-18-9-8-13-10-19-20(2)12-13/h4-7,10,12,18H,3,8-9,11H2,1-2H3. The molecule has 3 aromatic rings. The molecule has 110 valence electrons. The second-order valence-corrected chi connectivity index (χ2v) is 5.30. The third kappa shape index (κ3) is 3.00. The number of hydrogen-bond acceptors (Lipinski definition) is 3. The number of nitrogens with zero attached hydrogens (tertiary/aromatic N) is 2. The van der Waals surface area contributed by atoms with Gasteiger partial charge in [0.15, 0.2) is 0 Å². The van der Waals surface area contributed by atoms with Crippen LogP contribution in [0, 0.1) is 0 Å². The van der Waals surface area contributed by atoms with Crippen LogP contribution in [0.15, 0.2) is 41.1 Å². The Kier molecular flexibility index (Phi) is 4.06. The van der Waals surface area contributed by atoms with Crippen LogP contribution in [0.25, 0.3) is 11.0 Å². The molecule has 4 heteroatoms. The maximum absolute atomic E-state index is 5.91. The molecule has 0 atom stereocenters. The number of furan rings is 1. The molecule has 0 unspecified atom stereocenters. The van der Waals surface area contributed by atoms with Gasteiger partial charge in [0.05, 0.1) is 6.20 Å².